The molecule has 1 N–H and O–H groups in total. The second-order valence-corrected chi connectivity index (χ2v) is 13.3. The van der Waals surface area contributed by atoms with Gasteiger partial charge >= 0.3 is 0 Å². The van der Waals surface area contributed by atoms with Crippen molar-refractivity contribution >= 4 is 41.2 Å². The number of rotatable bonds is 6. The normalized spacial score (nSPS) is 23.3. The van der Waals surface area contributed by atoms with E-state index >= 15 is 0 Å². The van der Waals surface area contributed by atoms with E-state index in [0.717, 1.165) is 22.3 Å². The number of amides is 2. The van der Waals surface area contributed by atoms with E-state index < -0.39 is 23.7 Å². The number of ketones is 2. The highest BCUT2D eigenvalue weighted by Crippen LogP contribution is 2.55. The molecule has 8 nitrogen and oxygen atoms in total. The highest BCUT2D eigenvalue weighted by Gasteiger charge is 2.56. The molecule has 3 aromatic rings. The molecule has 4 atom stereocenters. The van der Waals surface area contributed by atoms with Gasteiger partial charge in [0.15, 0.2) is 11.6 Å². The Labute approximate surface area is 285 Å². The molecule has 0 saturated carbocycles. The number of phenols is 1. The van der Waals surface area contributed by atoms with Crippen molar-refractivity contribution in [3.63, 3.8) is 0 Å². The highest BCUT2D eigenvalue weighted by atomic mass is 16.5. The Morgan fingerprint density at radius 3 is 2.22 bits per heavy atom. The lowest BCUT2D eigenvalue weighted by molar-refractivity contribution is -0.123. The standard InChI is InChI=1S/C41H37NO7/c1-21-16-26(17-22(2)38(21)44)35-29-13-14-30-36(31(29)20-32-37(35)33(43)18-23(3)39(32)45)41(47)42(40(30)46)27-10-7-24(8-11-27)6-9-25-19-28(48-4)12-15-34(25)49-5/h6-13,15-19,30-31,35-36,44H,14,20H2,1-5H3/t30-,31+,35-,36-/m0/s1. The molecule has 1 heterocycles. The Morgan fingerprint density at radius 1 is 0.837 bits per heavy atom. The van der Waals surface area contributed by atoms with Crippen LogP contribution in [0.25, 0.3) is 12.2 Å². The Kier molecular flexibility index (Phi) is 7.98. The molecule has 1 saturated heterocycles. The molecule has 4 aliphatic rings. The molecule has 0 unspecified atom stereocenters. The van der Waals surface area contributed by atoms with Crippen LogP contribution in [0.5, 0.6) is 17.2 Å². The number of aromatic hydroxyl groups is 1. The van der Waals surface area contributed by atoms with E-state index in [0.29, 0.717) is 51.5 Å². The van der Waals surface area contributed by atoms with Gasteiger partial charge in [-0.25, -0.2) is 0 Å². The first-order chi connectivity index (χ1) is 23.5. The number of carbonyl (C=O) groups is 4. The summed E-state index contributed by atoms with van der Waals surface area (Å²) in [7, 11) is 3.21. The van der Waals surface area contributed by atoms with E-state index in [1.54, 1.807) is 47.1 Å². The summed E-state index contributed by atoms with van der Waals surface area (Å²) in [5.74, 6) is -1.60. The third-order valence-electron chi connectivity index (χ3n) is 10.5. The molecule has 7 rings (SSSR count). The van der Waals surface area contributed by atoms with Gasteiger partial charge in [0, 0.05) is 28.2 Å². The van der Waals surface area contributed by atoms with E-state index in [1.807, 2.05) is 60.7 Å². The lowest BCUT2D eigenvalue weighted by atomic mass is 9.59. The van der Waals surface area contributed by atoms with Crippen LogP contribution in [-0.4, -0.2) is 42.7 Å². The highest BCUT2D eigenvalue weighted by molar-refractivity contribution is 6.25. The predicted molar refractivity (Wildman–Crippen MR) is 186 cm³/mol. The number of anilines is 1. The van der Waals surface area contributed by atoms with Crippen LogP contribution in [0, 0.1) is 31.6 Å². The summed E-state index contributed by atoms with van der Waals surface area (Å²) in [5, 5.41) is 10.5. The lowest BCUT2D eigenvalue weighted by Gasteiger charge is -2.42. The molecule has 0 spiro atoms. The number of hydrogen-bond donors (Lipinski definition) is 1. The van der Waals surface area contributed by atoms with Gasteiger partial charge in [0.05, 0.1) is 31.7 Å². The van der Waals surface area contributed by atoms with Gasteiger partial charge in [-0.2, -0.15) is 0 Å². The summed E-state index contributed by atoms with van der Waals surface area (Å²) in [6.07, 6.45) is 7.82. The average Bonchev–Trinajstić information content (AvgIpc) is 3.36. The van der Waals surface area contributed by atoms with Gasteiger partial charge < -0.3 is 14.6 Å². The number of imide groups is 1. The molecule has 0 aromatic heterocycles. The predicted octanol–water partition coefficient (Wildman–Crippen LogP) is 6.83. The van der Waals surface area contributed by atoms with Crippen LogP contribution in [0.4, 0.5) is 5.69 Å². The SMILES string of the molecule is COc1ccc(OC)c(C=Cc2ccc(N3C(=O)[C@H]4[C@H](CC=C5[C@H](c6cc(C)c(O)c(C)c6)C6=C(C[C@H]54)C(=O)C(C)=CC6=O)C3=O)cc2)c1. The third kappa shape index (κ3) is 5.23. The van der Waals surface area contributed by atoms with Crippen molar-refractivity contribution in [2.75, 3.05) is 19.1 Å². The van der Waals surface area contributed by atoms with Gasteiger partial charge in [0.2, 0.25) is 11.8 Å². The summed E-state index contributed by atoms with van der Waals surface area (Å²) in [4.78, 5) is 56.7. The number of Topliss-reactive ketones (excluding diaryl/α,β-unsaturated/α-hetero) is 1. The minimum Gasteiger partial charge on any atom is -0.507 e. The Balaban J connectivity index is 1.22. The molecule has 8 heteroatoms. The summed E-state index contributed by atoms with van der Waals surface area (Å²) in [6, 6.07) is 16.5. The van der Waals surface area contributed by atoms with Crippen LogP contribution in [0.2, 0.25) is 0 Å². The number of nitrogens with zero attached hydrogens (tertiary/aromatic N) is 1. The van der Waals surface area contributed by atoms with Crippen molar-refractivity contribution in [2.45, 2.75) is 39.5 Å². The van der Waals surface area contributed by atoms with E-state index in [4.69, 9.17) is 9.47 Å². The zero-order valence-corrected chi connectivity index (χ0v) is 28.1. The number of aryl methyl sites for hydroxylation is 2. The first kappa shape index (κ1) is 32.1. The zero-order valence-electron chi connectivity index (χ0n) is 28.1. The Bertz CT molecular complexity index is 2060. The summed E-state index contributed by atoms with van der Waals surface area (Å²) in [5.41, 5.74) is 6.41. The van der Waals surface area contributed by atoms with E-state index in [9.17, 15) is 24.3 Å². The summed E-state index contributed by atoms with van der Waals surface area (Å²) < 4.78 is 10.8. The summed E-state index contributed by atoms with van der Waals surface area (Å²) >= 11 is 0. The fourth-order valence-corrected chi connectivity index (χ4v) is 8.06. The molecule has 248 valence electrons. The maximum absolute atomic E-state index is 14.3. The van der Waals surface area contributed by atoms with Gasteiger partial charge in [0.25, 0.3) is 0 Å². The zero-order chi connectivity index (χ0) is 34.7. The fourth-order valence-electron chi connectivity index (χ4n) is 8.06. The number of carbonyl (C=O) groups excluding carboxylic acids is 4. The van der Waals surface area contributed by atoms with Crippen molar-refractivity contribution in [1.82, 2.24) is 0 Å². The molecule has 0 bridgehead atoms. The maximum Gasteiger partial charge on any atom is 0.238 e. The number of allylic oxidation sites excluding steroid dienone is 6. The quantitative estimate of drug-likeness (QED) is 0.134. The lowest BCUT2D eigenvalue weighted by Crippen LogP contribution is -2.39. The van der Waals surface area contributed by atoms with Crippen LogP contribution >= 0.6 is 0 Å². The summed E-state index contributed by atoms with van der Waals surface area (Å²) in [6.45, 7) is 5.25. The second-order valence-electron chi connectivity index (χ2n) is 13.3. The molecule has 2 amide bonds. The molecule has 1 aliphatic heterocycles. The first-order valence-electron chi connectivity index (χ1n) is 16.4. The first-order valence-corrected chi connectivity index (χ1v) is 16.4. The number of hydrogen-bond acceptors (Lipinski definition) is 7. The van der Waals surface area contributed by atoms with Crippen molar-refractivity contribution in [1.29, 1.82) is 0 Å². The van der Waals surface area contributed by atoms with Crippen molar-refractivity contribution in [3.8, 4) is 17.2 Å². The smallest absolute Gasteiger partial charge is 0.238 e. The molecular formula is C41H37NO7. The number of methoxy groups -OCH3 is 2. The van der Waals surface area contributed by atoms with Crippen LogP contribution in [0.1, 0.15) is 53.5 Å². The van der Waals surface area contributed by atoms with Crippen molar-refractivity contribution in [3.05, 3.63) is 117 Å². The van der Waals surface area contributed by atoms with Gasteiger partial charge in [-0.15, -0.1) is 0 Å². The fraction of sp³-hybridized carbons (Fsp3) is 0.268. The topological polar surface area (TPSA) is 110 Å². The molecule has 1 fully saturated rings. The average molecular weight is 656 g/mol. The van der Waals surface area contributed by atoms with E-state index in [2.05, 4.69) is 0 Å². The monoisotopic (exact) mass is 655 g/mol. The van der Waals surface area contributed by atoms with Gasteiger partial charge in [0.1, 0.15) is 17.2 Å². The van der Waals surface area contributed by atoms with Gasteiger partial charge in [-0.1, -0.05) is 48.1 Å². The van der Waals surface area contributed by atoms with Gasteiger partial charge in [-0.05, 0) is 98.2 Å². The second kappa shape index (κ2) is 12.2. The maximum atomic E-state index is 14.3. The number of benzene rings is 3. The molecular weight excluding hydrogens is 618 g/mol. The van der Waals surface area contributed by atoms with E-state index in [1.165, 1.54) is 11.0 Å². The molecule has 0 radical (unpaired) electrons. The number of ether oxygens (including phenoxy) is 2. The van der Waals surface area contributed by atoms with Gasteiger partial charge in [-0.3, -0.25) is 24.1 Å². The van der Waals surface area contributed by atoms with Crippen LogP contribution in [-0.2, 0) is 19.2 Å². The van der Waals surface area contributed by atoms with Crippen molar-refractivity contribution < 1.29 is 33.8 Å². The Hall–Kier alpha value is -5.50. The van der Waals surface area contributed by atoms with Crippen LogP contribution < -0.4 is 14.4 Å². The Morgan fingerprint density at radius 2 is 1.55 bits per heavy atom. The molecule has 3 aliphatic carbocycles. The van der Waals surface area contributed by atoms with Crippen LogP contribution in [0.15, 0.2) is 89.0 Å². The number of fused-ring (bicyclic) bond motifs is 3. The number of phenolic OH excluding ortho intramolecular Hbond substituents is 1. The minimum absolute atomic E-state index is 0.179. The van der Waals surface area contributed by atoms with E-state index in [-0.39, 0.29) is 35.6 Å². The van der Waals surface area contributed by atoms with Crippen LogP contribution in [0.3, 0.4) is 0 Å². The minimum atomic E-state index is -0.669. The van der Waals surface area contributed by atoms with Crippen molar-refractivity contribution in [2.24, 2.45) is 17.8 Å². The largest absolute Gasteiger partial charge is 0.507 e. The third-order valence-corrected chi connectivity index (χ3v) is 10.5. The molecule has 49 heavy (non-hydrogen) atoms. The molecule has 3 aromatic carbocycles.